The summed E-state index contributed by atoms with van der Waals surface area (Å²) in [7, 11) is 3.96. The molecule has 0 aromatic heterocycles. The molecule has 0 radical (unpaired) electrons. The number of likely N-dealkylation sites (tertiary alicyclic amines) is 1. The second-order valence-electron chi connectivity index (χ2n) is 5.54. The third kappa shape index (κ3) is 3.33. The summed E-state index contributed by atoms with van der Waals surface area (Å²) in [6.07, 6.45) is 3.46. The van der Waals surface area contributed by atoms with Crippen LogP contribution in [-0.4, -0.2) is 49.0 Å². The Hall–Kier alpha value is -1.67. The summed E-state index contributed by atoms with van der Waals surface area (Å²) in [4.78, 5) is 16.4. The van der Waals surface area contributed by atoms with Gasteiger partial charge in [-0.05, 0) is 43.4 Å². The summed E-state index contributed by atoms with van der Waals surface area (Å²) in [6.45, 7) is 1.31. The van der Waals surface area contributed by atoms with Crippen LogP contribution in [-0.2, 0) is 0 Å². The molecule has 0 spiro atoms. The van der Waals surface area contributed by atoms with Crippen molar-refractivity contribution in [3.8, 4) is 6.07 Å². The number of anilines is 1. The molecule has 1 heterocycles. The number of piperidine rings is 1. The van der Waals surface area contributed by atoms with Gasteiger partial charge >= 0.3 is 0 Å². The van der Waals surface area contributed by atoms with Crippen molar-refractivity contribution in [3.63, 3.8) is 0 Å². The van der Waals surface area contributed by atoms with Crippen LogP contribution in [0.25, 0.3) is 0 Å². The number of amides is 1. The molecule has 0 saturated carbocycles. The summed E-state index contributed by atoms with van der Waals surface area (Å²) in [6, 6.07) is 10.1. The van der Waals surface area contributed by atoms with Crippen molar-refractivity contribution in [3.05, 3.63) is 29.8 Å². The lowest BCUT2D eigenvalue weighted by atomic mass is 9.96. The van der Waals surface area contributed by atoms with Crippen LogP contribution in [0.15, 0.2) is 24.3 Å². The summed E-state index contributed by atoms with van der Waals surface area (Å²) in [5, 5.41) is 9.29. The fraction of sp³-hybridized carbons (Fsp3) is 0.500. The molecule has 1 aromatic rings. The number of benzene rings is 1. The lowest BCUT2D eigenvalue weighted by molar-refractivity contribution is 0.0716. The van der Waals surface area contributed by atoms with E-state index in [4.69, 9.17) is 0 Å². The predicted octanol–water partition coefficient (Wildman–Crippen LogP) is 2.61. The van der Waals surface area contributed by atoms with Gasteiger partial charge in [0.2, 0.25) is 0 Å². The first kappa shape index (κ1) is 15.7. The van der Waals surface area contributed by atoms with Crippen LogP contribution in [0, 0.1) is 11.3 Å². The van der Waals surface area contributed by atoms with Gasteiger partial charge in [-0.2, -0.15) is 5.26 Å². The molecule has 0 aliphatic carbocycles. The number of hydrogen-bond acceptors (Lipinski definition) is 4. The Kier molecular flexibility index (Phi) is 4.79. The number of carbonyl (C=O) groups is 1. The summed E-state index contributed by atoms with van der Waals surface area (Å²) in [5.74, 6) is 0.0629. The van der Waals surface area contributed by atoms with Gasteiger partial charge in [0.05, 0.1) is 6.07 Å². The van der Waals surface area contributed by atoms with E-state index in [-0.39, 0.29) is 10.7 Å². The zero-order chi connectivity index (χ0) is 15.5. The lowest BCUT2D eigenvalue weighted by Crippen LogP contribution is -2.44. The van der Waals surface area contributed by atoms with Gasteiger partial charge in [0, 0.05) is 38.4 Å². The zero-order valence-corrected chi connectivity index (χ0v) is 13.6. The molecule has 1 saturated heterocycles. The fourth-order valence-corrected chi connectivity index (χ4v) is 3.20. The van der Waals surface area contributed by atoms with E-state index in [1.807, 2.05) is 54.4 Å². The zero-order valence-electron chi connectivity index (χ0n) is 12.8. The minimum Gasteiger partial charge on any atom is -0.378 e. The van der Waals surface area contributed by atoms with Crippen LogP contribution >= 0.6 is 11.8 Å². The highest BCUT2D eigenvalue weighted by Gasteiger charge is 2.35. The van der Waals surface area contributed by atoms with E-state index >= 15 is 0 Å². The Morgan fingerprint density at radius 1 is 1.29 bits per heavy atom. The minimum absolute atomic E-state index is 0.0629. The molecule has 112 valence electrons. The maximum absolute atomic E-state index is 12.5. The van der Waals surface area contributed by atoms with Crippen molar-refractivity contribution in [1.29, 1.82) is 5.26 Å². The molecule has 0 atom stereocenters. The van der Waals surface area contributed by atoms with E-state index in [1.165, 1.54) is 0 Å². The Balaban J connectivity index is 2.04. The molecule has 0 bridgehead atoms. The van der Waals surface area contributed by atoms with Gasteiger partial charge in [0.1, 0.15) is 4.75 Å². The molecule has 1 aliphatic heterocycles. The average molecular weight is 303 g/mol. The lowest BCUT2D eigenvalue weighted by Gasteiger charge is -2.36. The van der Waals surface area contributed by atoms with Gasteiger partial charge in [-0.3, -0.25) is 4.79 Å². The van der Waals surface area contributed by atoms with E-state index < -0.39 is 0 Å². The van der Waals surface area contributed by atoms with Crippen LogP contribution in [0.1, 0.15) is 23.2 Å². The third-order valence-corrected chi connectivity index (χ3v) is 5.36. The average Bonchev–Trinajstić information content (AvgIpc) is 2.54. The molecule has 1 fully saturated rings. The van der Waals surface area contributed by atoms with Crippen molar-refractivity contribution in [1.82, 2.24) is 4.90 Å². The number of thioether (sulfide) groups is 1. The van der Waals surface area contributed by atoms with Gasteiger partial charge in [-0.1, -0.05) is 0 Å². The van der Waals surface area contributed by atoms with E-state index in [9.17, 15) is 10.1 Å². The highest BCUT2D eigenvalue weighted by atomic mass is 32.2. The Labute approximate surface area is 130 Å². The molecule has 2 rings (SSSR count). The first-order valence-electron chi connectivity index (χ1n) is 7.04. The van der Waals surface area contributed by atoms with Crippen LogP contribution in [0.5, 0.6) is 0 Å². The molecule has 4 nitrogen and oxygen atoms in total. The molecule has 0 unspecified atom stereocenters. The van der Waals surface area contributed by atoms with Crippen LogP contribution in [0.3, 0.4) is 0 Å². The van der Waals surface area contributed by atoms with E-state index in [2.05, 4.69) is 6.07 Å². The van der Waals surface area contributed by atoms with Gasteiger partial charge in [-0.25, -0.2) is 0 Å². The third-order valence-electron chi connectivity index (χ3n) is 4.08. The molecule has 0 N–H and O–H groups in total. The monoisotopic (exact) mass is 303 g/mol. The van der Waals surface area contributed by atoms with Crippen molar-refractivity contribution >= 4 is 23.4 Å². The van der Waals surface area contributed by atoms with E-state index in [0.717, 1.165) is 18.5 Å². The number of nitrogens with zero attached hydrogens (tertiary/aromatic N) is 3. The minimum atomic E-state index is -0.314. The van der Waals surface area contributed by atoms with Crippen molar-refractivity contribution in [2.45, 2.75) is 17.6 Å². The van der Waals surface area contributed by atoms with Gasteiger partial charge < -0.3 is 9.80 Å². The van der Waals surface area contributed by atoms with Crippen molar-refractivity contribution < 1.29 is 4.79 Å². The predicted molar refractivity (Wildman–Crippen MR) is 87.8 cm³/mol. The van der Waals surface area contributed by atoms with Crippen molar-refractivity contribution in [2.75, 3.05) is 38.3 Å². The molecule has 5 heteroatoms. The van der Waals surface area contributed by atoms with Crippen molar-refractivity contribution in [2.24, 2.45) is 0 Å². The molecule has 1 amide bonds. The Morgan fingerprint density at radius 3 is 2.29 bits per heavy atom. The number of nitriles is 1. The Bertz CT molecular complexity index is 540. The topological polar surface area (TPSA) is 47.3 Å². The quantitative estimate of drug-likeness (QED) is 0.861. The second kappa shape index (κ2) is 6.40. The smallest absolute Gasteiger partial charge is 0.253 e. The highest BCUT2D eigenvalue weighted by molar-refractivity contribution is 8.00. The largest absolute Gasteiger partial charge is 0.378 e. The molecule has 1 aromatic carbocycles. The maximum Gasteiger partial charge on any atom is 0.253 e. The first-order valence-corrected chi connectivity index (χ1v) is 8.27. The summed E-state index contributed by atoms with van der Waals surface area (Å²) in [5.41, 5.74) is 1.80. The maximum atomic E-state index is 12.5. The highest BCUT2D eigenvalue weighted by Crippen LogP contribution is 2.34. The number of carbonyl (C=O) groups excluding carboxylic acids is 1. The molecule has 21 heavy (non-hydrogen) atoms. The van der Waals surface area contributed by atoms with Gasteiger partial charge in [-0.15, -0.1) is 11.8 Å². The standard InChI is InChI=1S/C16H21N3OS/c1-18(2)14-6-4-13(5-7-14)15(20)19-10-8-16(12-17,21-3)9-11-19/h4-7H,8-11H2,1-3H3. The Morgan fingerprint density at radius 2 is 1.86 bits per heavy atom. The molecule has 1 aliphatic rings. The van der Waals surface area contributed by atoms with E-state index in [1.54, 1.807) is 11.8 Å². The van der Waals surface area contributed by atoms with Crippen LogP contribution < -0.4 is 4.90 Å². The SMILES string of the molecule is CSC1(C#N)CCN(C(=O)c2ccc(N(C)C)cc2)CC1. The van der Waals surface area contributed by atoms with Gasteiger partial charge in [0.15, 0.2) is 0 Å². The number of rotatable bonds is 3. The fourth-order valence-electron chi connectivity index (χ4n) is 2.52. The summed E-state index contributed by atoms with van der Waals surface area (Å²) >= 11 is 1.60. The van der Waals surface area contributed by atoms with Crippen LogP contribution in [0.4, 0.5) is 5.69 Å². The number of hydrogen-bond donors (Lipinski definition) is 0. The van der Waals surface area contributed by atoms with Crippen LogP contribution in [0.2, 0.25) is 0 Å². The second-order valence-corrected chi connectivity index (χ2v) is 6.73. The molecular formula is C16H21N3OS. The normalized spacial score (nSPS) is 17.1. The summed E-state index contributed by atoms with van der Waals surface area (Å²) < 4.78 is -0.314. The van der Waals surface area contributed by atoms with Gasteiger partial charge in [0.25, 0.3) is 5.91 Å². The molecular weight excluding hydrogens is 282 g/mol. The first-order chi connectivity index (χ1) is 10.0. The van der Waals surface area contributed by atoms with E-state index in [0.29, 0.717) is 18.7 Å².